The van der Waals surface area contributed by atoms with Crippen LogP contribution in [0.5, 0.6) is 5.75 Å². The highest BCUT2D eigenvalue weighted by atomic mass is 79.9. The van der Waals surface area contributed by atoms with Crippen molar-refractivity contribution in [1.29, 1.82) is 0 Å². The van der Waals surface area contributed by atoms with Gasteiger partial charge in [-0.25, -0.2) is 0 Å². The minimum atomic E-state index is -0.135. The molecule has 1 amide bonds. The zero-order chi connectivity index (χ0) is 18.7. The molecule has 3 rings (SSSR count). The molecular weight excluding hydrogens is 436 g/mol. The van der Waals surface area contributed by atoms with Crippen LogP contribution in [0.1, 0.15) is 18.1 Å². The molecule has 2 aromatic rings. The van der Waals surface area contributed by atoms with E-state index in [2.05, 4.69) is 21.2 Å². The lowest BCUT2D eigenvalue weighted by Gasteiger charge is -2.09. The molecule has 1 aliphatic rings. The second-order valence-corrected chi connectivity index (χ2v) is 7.35. The van der Waals surface area contributed by atoms with Crippen molar-refractivity contribution in [1.82, 2.24) is 10.2 Å². The molecule has 0 aromatic heterocycles. The van der Waals surface area contributed by atoms with E-state index in [9.17, 15) is 4.79 Å². The van der Waals surface area contributed by atoms with Crippen molar-refractivity contribution in [3.05, 3.63) is 68.8 Å². The number of ether oxygens (including phenoxy) is 1. The van der Waals surface area contributed by atoms with Crippen LogP contribution in [0.3, 0.4) is 0 Å². The maximum atomic E-state index is 12.2. The molecule has 134 valence electrons. The lowest BCUT2D eigenvalue weighted by Crippen LogP contribution is -2.30. The largest absolute Gasteiger partial charge is 0.487 e. The van der Waals surface area contributed by atoms with E-state index in [1.165, 1.54) is 4.90 Å². The van der Waals surface area contributed by atoms with Crippen LogP contribution >= 0.6 is 39.7 Å². The summed E-state index contributed by atoms with van der Waals surface area (Å²) in [4.78, 5) is 13.7. The van der Waals surface area contributed by atoms with E-state index in [-0.39, 0.29) is 5.91 Å². The van der Waals surface area contributed by atoms with Gasteiger partial charge in [0, 0.05) is 11.0 Å². The highest BCUT2D eigenvalue weighted by Gasteiger charge is 2.28. The van der Waals surface area contributed by atoms with Crippen molar-refractivity contribution in [2.24, 2.45) is 0 Å². The van der Waals surface area contributed by atoms with Gasteiger partial charge in [0.15, 0.2) is 5.11 Å². The average molecular weight is 452 g/mol. The fourth-order valence-corrected chi connectivity index (χ4v) is 3.32. The Hall–Kier alpha value is -1.89. The first-order valence-electron chi connectivity index (χ1n) is 7.99. The number of hydrogen-bond acceptors (Lipinski definition) is 3. The molecule has 0 spiro atoms. The molecule has 4 nitrogen and oxygen atoms in total. The van der Waals surface area contributed by atoms with Crippen LogP contribution in [-0.2, 0) is 11.4 Å². The van der Waals surface area contributed by atoms with Crippen LogP contribution in [0.15, 0.2) is 52.6 Å². The summed E-state index contributed by atoms with van der Waals surface area (Å²) < 4.78 is 6.80. The summed E-state index contributed by atoms with van der Waals surface area (Å²) in [5.41, 5.74) is 2.28. The maximum Gasteiger partial charge on any atom is 0.276 e. The van der Waals surface area contributed by atoms with Gasteiger partial charge < -0.3 is 10.1 Å². The molecule has 0 atom stereocenters. The Labute approximate surface area is 170 Å². The number of nitrogens with one attached hydrogen (secondary N) is 1. The molecule has 0 saturated carbocycles. The second-order valence-electron chi connectivity index (χ2n) is 5.64. The van der Waals surface area contributed by atoms with Crippen LogP contribution in [-0.4, -0.2) is 22.5 Å². The lowest BCUT2D eigenvalue weighted by atomic mass is 10.2. The molecule has 0 bridgehead atoms. The van der Waals surface area contributed by atoms with E-state index in [4.69, 9.17) is 28.6 Å². The summed E-state index contributed by atoms with van der Waals surface area (Å²) in [5.74, 6) is 0.456. The molecule has 2 aromatic carbocycles. The van der Waals surface area contributed by atoms with Gasteiger partial charge in [0.25, 0.3) is 5.91 Å². The van der Waals surface area contributed by atoms with E-state index in [0.29, 0.717) is 34.7 Å². The number of amides is 1. The quantitative estimate of drug-likeness (QED) is 0.526. The molecule has 1 fully saturated rings. The van der Waals surface area contributed by atoms with Gasteiger partial charge in [-0.2, -0.15) is 0 Å². The van der Waals surface area contributed by atoms with Crippen LogP contribution < -0.4 is 10.1 Å². The van der Waals surface area contributed by atoms with E-state index < -0.39 is 0 Å². The number of thiocarbonyl (C=S) groups is 1. The normalized spacial score (nSPS) is 15.5. The predicted octanol–water partition coefficient (Wildman–Crippen LogP) is 4.76. The Morgan fingerprint density at radius 3 is 2.62 bits per heavy atom. The number of hydrogen-bond donors (Lipinski definition) is 1. The molecule has 1 aliphatic heterocycles. The van der Waals surface area contributed by atoms with Crippen molar-refractivity contribution >= 4 is 56.8 Å². The average Bonchev–Trinajstić information content (AvgIpc) is 2.88. The van der Waals surface area contributed by atoms with Crippen molar-refractivity contribution in [3.8, 4) is 5.75 Å². The SMILES string of the molecule is CCN1C(=O)/C(=C/c2ccc(OCc3ccc(Br)cc3)c(Cl)c2)NC1=S. The number of rotatable bonds is 5. The van der Waals surface area contributed by atoms with E-state index in [0.717, 1.165) is 15.6 Å². The van der Waals surface area contributed by atoms with E-state index in [1.807, 2.05) is 37.3 Å². The van der Waals surface area contributed by atoms with Gasteiger partial charge in [0.1, 0.15) is 18.1 Å². The smallest absolute Gasteiger partial charge is 0.276 e. The minimum absolute atomic E-state index is 0.135. The first-order chi connectivity index (χ1) is 12.5. The zero-order valence-corrected chi connectivity index (χ0v) is 17.1. The number of carbonyl (C=O) groups is 1. The number of benzene rings is 2. The van der Waals surface area contributed by atoms with E-state index >= 15 is 0 Å². The number of likely N-dealkylation sites (N-methyl/N-ethyl adjacent to an activating group) is 1. The standard InChI is InChI=1S/C19H16BrClN2O2S/c1-2-23-18(24)16(22-19(23)26)10-13-5-8-17(15(21)9-13)25-11-12-3-6-14(20)7-4-12/h3-10H,2,11H2,1H3,(H,22,26)/b16-10-. The Kier molecular flexibility index (Phi) is 5.96. The van der Waals surface area contributed by atoms with Gasteiger partial charge in [-0.05, 0) is 60.6 Å². The predicted molar refractivity (Wildman–Crippen MR) is 111 cm³/mol. The maximum absolute atomic E-state index is 12.2. The zero-order valence-electron chi connectivity index (χ0n) is 14.0. The van der Waals surface area contributed by atoms with Crippen LogP contribution in [0.2, 0.25) is 5.02 Å². The molecule has 0 radical (unpaired) electrons. The highest BCUT2D eigenvalue weighted by Crippen LogP contribution is 2.28. The summed E-state index contributed by atoms with van der Waals surface area (Å²) in [6, 6.07) is 13.3. The molecule has 7 heteroatoms. The van der Waals surface area contributed by atoms with Crippen molar-refractivity contribution < 1.29 is 9.53 Å². The molecule has 0 aliphatic carbocycles. The summed E-state index contributed by atoms with van der Waals surface area (Å²) >= 11 is 14.9. The summed E-state index contributed by atoms with van der Waals surface area (Å²) in [6.07, 6.45) is 1.73. The van der Waals surface area contributed by atoms with Crippen molar-refractivity contribution in [2.45, 2.75) is 13.5 Å². The fourth-order valence-electron chi connectivity index (χ4n) is 2.49. The van der Waals surface area contributed by atoms with E-state index in [1.54, 1.807) is 18.2 Å². The highest BCUT2D eigenvalue weighted by molar-refractivity contribution is 9.10. The van der Waals surface area contributed by atoms with Gasteiger partial charge in [-0.1, -0.05) is 45.7 Å². The number of nitrogens with zero attached hydrogens (tertiary/aromatic N) is 1. The van der Waals surface area contributed by atoms with Gasteiger partial charge in [0.2, 0.25) is 0 Å². The molecular formula is C19H16BrClN2O2S. The summed E-state index contributed by atoms with van der Waals surface area (Å²) in [5, 5.41) is 3.83. The van der Waals surface area contributed by atoms with Crippen LogP contribution in [0, 0.1) is 0 Å². The van der Waals surface area contributed by atoms with Gasteiger partial charge >= 0.3 is 0 Å². The molecule has 1 heterocycles. The number of carbonyl (C=O) groups excluding carboxylic acids is 1. The van der Waals surface area contributed by atoms with Crippen molar-refractivity contribution in [3.63, 3.8) is 0 Å². The Morgan fingerprint density at radius 2 is 2.00 bits per heavy atom. The molecule has 0 unspecified atom stereocenters. The Bertz CT molecular complexity index is 884. The van der Waals surface area contributed by atoms with Gasteiger partial charge in [-0.3, -0.25) is 9.69 Å². The third-order valence-corrected chi connectivity index (χ3v) is 5.00. The minimum Gasteiger partial charge on any atom is -0.487 e. The first kappa shape index (κ1) is 18.9. The Morgan fingerprint density at radius 1 is 1.27 bits per heavy atom. The lowest BCUT2D eigenvalue weighted by molar-refractivity contribution is -0.122. The third kappa shape index (κ3) is 4.26. The first-order valence-corrected chi connectivity index (χ1v) is 9.57. The van der Waals surface area contributed by atoms with Gasteiger partial charge in [0.05, 0.1) is 5.02 Å². The summed E-state index contributed by atoms with van der Waals surface area (Å²) in [7, 11) is 0. The summed E-state index contributed by atoms with van der Waals surface area (Å²) in [6.45, 7) is 2.84. The fraction of sp³-hybridized carbons (Fsp3) is 0.158. The van der Waals surface area contributed by atoms with Crippen LogP contribution in [0.25, 0.3) is 6.08 Å². The van der Waals surface area contributed by atoms with Crippen LogP contribution in [0.4, 0.5) is 0 Å². The Balaban J connectivity index is 1.71. The van der Waals surface area contributed by atoms with Gasteiger partial charge in [-0.15, -0.1) is 0 Å². The topological polar surface area (TPSA) is 41.6 Å². The molecule has 1 N–H and O–H groups in total. The molecule has 1 saturated heterocycles. The number of halogens is 2. The monoisotopic (exact) mass is 450 g/mol. The van der Waals surface area contributed by atoms with Crippen molar-refractivity contribution in [2.75, 3.05) is 6.54 Å². The second kappa shape index (κ2) is 8.20. The third-order valence-electron chi connectivity index (χ3n) is 3.85. The molecule has 26 heavy (non-hydrogen) atoms.